The molecule has 0 unspecified atom stereocenters. The van der Waals surface area contributed by atoms with Crippen molar-refractivity contribution in [1.29, 1.82) is 0 Å². The minimum Gasteiger partial charge on any atom is -0.310 e. The zero-order chi connectivity index (χ0) is 38.3. The molecule has 1 spiro atoms. The van der Waals surface area contributed by atoms with Crippen molar-refractivity contribution in [3.63, 3.8) is 0 Å². The number of anilines is 3. The van der Waals surface area contributed by atoms with Gasteiger partial charge >= 0.3 is 0 Å². The molecule has 0 aliphatic heterocycles. The first-order chi connectivity index (χ1) is 28.5. The first kappa shape index (κ1) is 33.1. The van der Waals surface area contributed by atoms with Gasteiger partial charge in [-0.2, -0.15) is 0 Å². The van der Waals surface area contributed by atoms with E-state index in [-0.39, 0.29) is 10.8 Å². The molecule has 0 amide bonds. The third kappa shape index (κ3) is 4.37. The summed E-state index contributed by atoms with van der Waals surface area (Å²) >= 11 is 0. The summed E-state index contributed by atoms with van der Waals surface area (Å²) in [5.74, 6) is 3.29. The van der Waals surface area contributed by atoms with E-state index in [0.29, 0.717) is 0 Å². The molecule has 6 aliphatic carbocycles. The van der Waals surface area contributed by atoms with Crippen LogP contribution in [0.5, 0.6) is 0 Å². The van der Waals surface area contributed by atoms with Gasteiger partial charge in [0.15, 0.2) is 0 Å². The average Bonchev–Trinajstić information content (AvgIpc) is 3.68. The Morgan fingerprint density at radius 1 is 0.397 bits per heavy atom. The van der Waals surface area contributed by atoms with E-state index in [0.717, 1.165) is 23.7 Å². The lowest BCUT2D eigenvalue weighted by atomic mass is 9.43. The summed E-state index contributed by atoms with van der Waals surface area (Å²) in [5, 5.41) is 5.19. The van der Waals surface area contributed by atoms with Crippen molar-refractivity contribution < 1.29 is 0 Å². The molecule has 1 nitrogen and oxygen atoms in total. The predicted molar refractivity (Wildman–Crippen MR) is 242 cm³/mol. The van der Waals surface area contributed by atoms with Gasteiger partial charge in [0.05, 0.1) is 0 Å². The number of nitrogens with zero attached hydrogens (tertiary/aromatic N) is 1. The third-order valence-corrected chi connectivity index (χ3v) is 15.8. The van der Waals surface area contributed by atoms with E-state index in [2.05, 4.69) is 183 Å². The highest BCUT2D eigenvalue weighted by molar-refractivity contribution is 6.13. The summed E-state index contributed by atoms with van der Waals surface area (Å²) < 4.78 is 0. The van der Waals surface area contributed by atoms with Crippen molar-refractivity contribution in [2.45, 2.75) is 56.8 Å². The molecule has 58 heavy (non-hydrogen) atoms. The van der Waals surface area contributed by atoms with Crippen LogP contribution in [0.4, 0.5) is 17.1 Å². The smallest absolute Gasteiger partial charge is 0.0465 e. The van der Waals surface area contributed by atoms with Crippen LogP contribution in [0, 0.1) is 23.7 Å². The SMILES string of the molecule is CC1(C)c2ccccc2-c2ccc(N(c3ccc(-c4cc5ccccc5c5ccccc45)cc3)c3ccc4c(c3)C3(c5ccccc5-4)C4CC5CC(C4)CC3C5)cc21. The van der Waals surface area contributed by atoms with E-state index < -0.39 is 0 Å². The van der Waals surface area contributed by atoms with E-state index >= 15 is 0 Å². The lowest BCUT2D eigenvalue weighted by Crippen LogP contribution is -2.55. The molecule has 0 atom stereocenters. The van der Waals surface area contributed by atoms with Crippen LogP contribution in [-0.2, 0) is 10.8 Å². The molecular formula is C57H47N. The monoisotopic (exact) mass is 745 g/mol. The lowest BCUT2D eigenvalue weighted by Gasteiger charge is -2.61. The lowest BCUT2D eigenvalue weighted by molar-refractivity contribution is -0.0399. The van der Waals surface area contributed by atoms with Crippen LogP contribution in [0.1, 0.15) is 68.2 Å². The van der Waals surface area contributed by atoms with Crippen LogP contribution in [0.15, 0.2) is 164 Å². The number of hydrogen-bond acceptors (Lipinski definition) is 1. The van der Waals surface area contributed by atoms with E-state index in [1.165, 1.54) is 115 Å². The first-order valence-corrected chi connectivity index (χ1v) is 21.8. The summed E-state index contributed by atoms with van der Waals surface area (Å²) in [6, 6.07) is 62.9. The Balaban J connectivity index is 1.000. The second-order valence-corrected chi connectivity index (χ2v) is 18.9. The molecule has 4 bridgehead atoms. The zero-order valence-corrected chi connectivity index (χ0v) is 33.4. The number of hydrogen-bond donors (Lipinski definition) is 0. The molecule has 280 valence electrons. The molecular weight excluding hydrogens is 699 g/mol. The Kier molecular flexibility index (Phi) is 6.75. The van der Waals surface area contributed by atoms with Crippen molar-refractivity contribution in [3.05, 3.63) is 186 Å². The highest BCUT2D eigenvalue weighted by Gasteiger charge is 2.61. The van der Waals surface area contributed by atoms with Gasteiger partial charge in [0, 0.05) is 27.9 Å². The van der Waals surface area contributed by atoms with Crippen LogP contribution in [0.25, 0.3) is 54.9 Å². The number of rotatable bonds is 4. The van der Waals surface area contributed by atoms with Crippen LogP contribution >= 0.6 is 0 Å². The Hall–Kier alpha value is -5.92. The molecule has 6 aliphatic rings. The van der Waals surface area contributed by atoms with Crippen molar-refractivity contribution >= 4 is 38.6 Å². The van der Waals surface area contributed by atoms with Gasteiger partial charge in [-0.15, -0.1) is 0 Å². The average molecular weight is 746 g/mol. The topological polar surface area (TPSA) is 3.24 Å². The van der Waals surface area contributed by atoms with Gasteiger partial charge in [0.1, 0.15) is 0 Å². The van der Waals surface area contributed by atoms with Crippen LogP contribution in [0.2, 0.25) is 0 Å². The first-order valence-electron chi connectivity index (χ1n) is 21.8. The fraction of sp³-hybridized carbons (Fsp3) is 0.228. The largest absolute Gasteiger partial charge is 0.310 e. The van der Waals surface area contributed by atoms with Gasteiger partial charge in [-0.05, 0) is 175 Å². The molecule has 8 aromatic carbocycles. The maximum Gasteiger partial charge on any atom is 0.0465 e. The Labute approximate surface area is 342 Å². The molecule has 0 aromatic heterocycles. The van der Waals surface area contributed by atoms with E-state index in [1.807, 2.05) is 0 Å². The van der Waals surface area contributed by atoms with Crippen molar-refractivity contribution in [2.24, 2.45) is 23.7 Å². The Morgan fingerprint density at radius 2 is 0.914 bits per heavy atom. The summed E-state index contributed by atoms with van der Waals surface area (Å²) in [7, 11) is 0. The maximum absolute atomic E-state index is 2.65. The minimum absolute atomic E-state index is 0.0847. The standard InChI is InChI=1S/C57H47N/c1-56(2)52-17-9-7-15-47(52)49-25-23-42(33-54(49)56)58(41-21-19-37(20-22-41)51-32-38-11-3-4-12-44(38)45-13-5-6-14-46(45)51)43-24-26-50-48-16-8-10-18-53(48)57(55(50)34-43)39-28-35-27-36(30-39)31-40(57)29-35/h3-26,32-36,39-40H,27-31H2,1-2H3. The Morgan fingerprint density at radius 3 is 1.62 bits per heavy atom. The van der Waals surface area contributed by atoms with Crippen molar-refractivity contribution in [2.75, 3.05) is 4.90 Å². The molecule has 0 radical (unpaired) electrons. The number of fused-ring (bicyclic) bond motifs is 9. The van der Waals surface area contributed by atoms with Crippen LogP contribution in [0.3, 0.4) is 0 Å². The molecule has 0 heterocycles. The predicted octanol–water partition coefficient (Wildman–Crippen LogP) is 15.2. The molecule has 4 fully saturated rings. The summed E-state index contributed by atoms with van der Waals surface area (Å²) in [4.78, 5) is 2.56. The van der Waals surface area contributed by atoms with Gasteiger partial charge < -0.3 is 4.90 Å². The summed E-state index contributed by atoms with van der Waals surface area (Å²) in [6.07, 6.45) is 7.02. The minimum atomic E-state index is -0.0847. The van der Waals surface area contributed by atoms with Crippen LogP contribution in [-0.4, -0.2) is 0 Å². The van der Waals surface area contributed by atoms with Crippen molar-refractivity contribution in [1.82, 2.24) is 0 Å². The fourth-order valence-corrected chi connectivity index (χ4v) is 13.6. The van der Waals surface area contributed by atoms with E-state index in [1.54, 1.807) is 11.1 Å². The third-order valence-electron chi connectivity index (χ3n) is 15.8. The molecule has 1 heteroatoms. The zero-order valence-electron chi connectivity index (χ0n) is 33.4. The van der Waals surface area contributed by atoms with Gasteiger partial charge in [-0.1, -0.05) is 135 Å². The van der Waals surface area contributed by atoms with Crippen molar-refractivity contribution in [3.8, 4) is 33.4 Å². The molecule has 4 saturated carbocycles. The molecule has 8 aromatic rings. The summed E-state index contributed by atoms with van der Waals surface area (Å²) in [6.45, 7) is 4.80. The molecule has 14 rings (SSSR count). The van der Waals surface area contributed by atoms with Crippen LogP contribution < -0.4 is 4.90 Å². The van der Waals surface area contributed by atoms with E-state index in [9.17, 15) is 0 Å². The van der Waals surface area contributed by atoms with Gasteiger partial charge in [-0.25, -0.2) is 0 Å². The van der Waals surface area contributed by atoms with Gasteiger partial charge in [0.2, 0.25) is 0 Å². The molecule has 0 saturated heterocycles. The van der Waals surface area contributed by atoms with E-state index in [4.69, 9.17) is 0 Å². The van der Waals surface area contributed by atoms with Gasteiger partial charge in [0.25, 0.3) is 0 Å². The normalized spacial score (nSPS) is 23.9. The Bertz CT molecular complexity index is 2970. The highest BCUT2D eigenvalue weighted by Crippen LogP contribution is 2.69. The number of benzene rings is 8. The molecule has 0 N–H and O–H groups in total. The quantitative estimate of drug-likeness (QED) is 0.162. The second kappa shape index (κ2) is 11.8. The fourth-order valence-electron chi connectivity index (χ4n) is 13.6. The van der Waals surface area contributed by atoms with Gasteiger partial charge in [-0.3, -0.25) is 0 Å². The summed E-state index contributed by atoms with van der Waals surface area (Å²) in [5.41, 5.74) is 17.9. The highest BCUT2D eigenvalue weighted by atomic mass is 15.1. The second-order valence-electron chi connectivity index (χ2n) is 18.9. The maximum atomic E-state index is 2.65.